The van der Waals surface area contributed by atoms with Crippen LogP contribution in [0.15, 0.2) is 24.3 Å². The van der Waals surface area contributed by atoms with Crippen LogP contribution in [0.4, 0.5) is 8.78 Å². The van der Waals surface area contributed by atoms with Gasteiger partial charge in [-0.25, -0.2) is 0 Å². The molecule has 0 saturated carbocycles. The van der Waals surface area contributed by atoms with E-state index in [2.05, 4.69) is 4.74 Å². The van der Waals surface area contributed by atoms with E-state index in [-0.39, 0.29) is 5.75 Å². The van der Waals surface area contributed by atoms with Gasteiger partial charge in [0, 0.05) is 0 Å². The van der Waals surface area contributed by atoms with Gasteiger partial charge in [-0.3, -0.25) is 0 Å². The van der Waals surface area contributed by atoms with E-state index in [4.69, 9.17) is 0 Å². The second-order valence-electron chi connectivity index (χ2n) is 2.87. The molecule has 0 radical (unpaired) electrons. The molecule has 0 aliphatic heterocycles. The maximum Gasteiger partial charge on any atom is 0.387 e. The Kier molecular flexibility index (Phi) is 3.83. The number of hydrogen-bond donors (Lipinski definition) is 1. The van der Waals surface area contributed by atoms with Gasteiger partial charge in [0.05, 0.1) is 6.10 Å². The lowest BCUT2D eigenvalue weighted by Gasteiger charge is -2.09. The molecule has 0 spiro atoms. The number of aliphatic hydroxyl groups excluding tert-OH is 1. The van der Waals surface area contributed by atoms with Crippen LogP contribution in [-0.4, -0.2) is 11.7 Å². The highest BCUT2D eigenvalue weighted by Crippen LogP contribution is 2.20. The lowest BCUT2D eigenvalue weighted by Crippen LogP contribution is -2.02. The molecule has 0 bridgehead atoms. The fourth-order valence-corrected chi connectivity index (χ4v) is 1.11. The maximum absolute atomic E-state index is 11.8. The van der Waals surface area contributed by atoms with E-state index in [1.807, 2.05) is 6.92 Å². The molecule has 0 saturated heterocycles. The zero-order valence-corrected chi connectivity index (χ0v) is 7.78. The van der Waals surface area contributed by atoms with E-state index in [1.54, 1.807) is 12.1 Å². The van der Waals surface area contributed by atoms with Crippen molar-refractivity contribution in [3.05, 3.63) is 29.8 Å². The molecular formula is C10H12F2O2. The van der Waals surface area contributed by atoms with Gasteiger partial charge < -0.3 is 9.84 Å². The van der Waals surface area contributed by atoms with Gasteiger partial charge in [-0.15, -0.1) is 0 Å². The van der Waals surface area contributed by atoms with Crippen molar-refractivity contribution in [2.75, 3.05) is 0 Å². The van der Waals surface area contributed by atoms with E-state index < -0.39 is 12.7 Å². The average molecular weight is 202 g/mol. The molecule has 78 valence electrons. The summed E-state index contributed by atoms with van der Waals surface area (Å²) < 4.78 is 27.7. The van der Waals surface area contributed by atoms with Crippen LogP contribution in [-0.2, 0) is 0 Å². The molecule has 0 aromatic heterocycles. The van der Waals surface area contributed by atoms with E-state index in [0.717, 1.165) is 0 Å². The van der Waals surface area contributed by atoms with E-state index in [1.165, 1.54) is 12.1 Å². The van der Waals surface area contributed by atoms with Gasteiger partial charge in [-0.05, 0) is 24.1 Å². The summed E-state index contributed by atoms with van der Waals surface area (Å²) in [5.74, 6) is 0.104. The quantitative estimate of drug-likeness (QED) is 0.813. The van der Waals surface area contributed by atoms with Gasteiger partial charge in [0.15, 0.2) is 0 Å². The largest absolute Gasteiger partial charge is 0.435 e. The van der Waals surface area contributed by atoms with Crippen molar-refractivity contribution >= 4 is 0 Å². The monoisotopic (exact) mass is 202 g/mol. The van der Waals surface area contributed by atoms with Crippen molar-refractivity contribution < 1.29 is 18.6 Å². The molecule has 0 heterocycles. The van der Waals surface area contributed by atoms with E-state index >= 15 is 0 Å². The Hall–Kier alpha value is -1.16. The molecule has 1 aromatic rings. The normalized spacial score (nSPS) is 12.9. The number of alkyl halides is 2. The molecule has 0 aliphatic carbocycles. The topological polar surface area (TPSA) is 29.5 Å². The first-order valence-electron chi connectivity index (χ1n) is 4.36. The number of rotatable bonds is 4. The van der Waals surface area contributed by atoms with Gasteiger partial charge in [0.25, 0.3) is 0 Å². The zero-order chi connectivity index (χ0) is 10.6. The third-order valence-corrected chi connectivity index (χ3v) is 1.88. The Balaban J connectivity index is 2.68. The van der Waals surface area contributed by atoms with Crippen LogP contribution in [0.5, 0.6) is 5.75 Å². The summed E-state index contributed by atoms with van der Waals surface area (Å²) in [7, 11) is 0. The number of hydrogen-bond acceptors (Lipinski definition) is 2. The minimum Gasteiger partial charge on any atom is -0.435 e. The maximum atomic E-state index is 11.8. The second-order valence-corrected chi connectivity index (χ2v) is 2.87. The van der Waals surface area contributed by atoms with Gasteiger partial charge in [0.2, 0.25) is 0 Å². The lowest BCUT2D eigenvalue weighted by atomic mass is 10.1. The van der Waals surface area contributed by atoms with Crippen LogP contribution in [0, 0.1) is 0 Å². The van der Waals surface area contributed by atoms with Crippen LogP contribution in [0.2, 0.25) is 0 Å². The lowest BCUT2D eigenvalue weighted by molar-refractivity contribution is -0.0498. The van der Waals surface area contributed by atoms with Crippen LogP contribution in [0.1, 0.15) is 25.0 Å². The molecule has 1 N–H and O–H groups in total. The molecule has 2 nitrogen and oxygen atoms in total. The summed E-state index contributed by atoms with van der Waals surface area (Å²) in [5.41, 5.74) is 0.703. The van der Waals surface area contributed by atoms with Crippen molar-refractivity contribution in [3.8, 4) is 5.75 Å². The molecule has 0 amide bonds. The minimum absolute atomic E-state index is 0.104. The first kappa shape index (κ1) is 10.9. The van der Waals surface area contributed by atoms with Crippen LogP contribution in [0.3, 0.4) is 0 Å². The Morgan fingerprint density at radius 2 is 1.86 bits per heavy atom. The molecule has 1 atom stereocenters. The van der Waals surface area contributed by atoms with Crippen molar-refractivity contribution in [1.29, 1.82) is 0 Å². The summed E-state index contributed by atoms with van der Waals surface area (Å²) in [6.45, 7) is -0.967. The SMILES string of the molecule is CC[C@@H](O)c1ccc(OC(F)F)cc1. The fourth-order valence-electron chi connectivity index (χ4n) is 1.11. The minimum atomic E-state index is -2.81. The highest BCUT2D eigenvalue weighted by atomic mass is 19.3. The predicted molar refractivity (Wildman–Crippen MR) is 48.3 cm³/mol. The smallest absolute Gasteiger partial charge is 0.387 e. The van der Waals surface area contributed by atoms with Gasteiger partial charge >= 0.3 is 6.61 Å². The Labute approximate surface area is 81.1 Å². The highest BCUT2D eigenvalue weighted by molar-refractivity contribution is 5.28. The Bertz CT molecular complexity index is 272. The zero-order valence-electron chi connectivity index (χ0n) is 7.78. The van der Waals surface area contributed by atoms with Crippen LogP contribution < -0.4 is 4.74 Å². The summed E-state index contributed by atoms with van der Waals surface area (Å²) in [6.07, 6.45) is 0.0466. The average Bonchev–Trinajstić information content (AvgIpc) is 2.17. The van der Waals surface area contributed by atoms with Crippen LogP contribution in [0.25, 0.3) is 0 Å². The summed E-state index contributed by atoms with van der Waals surface area (Å²) in [4.78, 5) is 0. The van der Waals surface area contributed by atoms with Gasteiger partial charge in [0.1, 0.15) is 5.75 Å². The van der Waals surface area contributed by atoms with Crippen LogP contribution >= 0.6 is 0 Å². The number of ether oxygens (including phenoxy) is 1. The molecule has 1 aromatic carbocycles. The first-order valence-corrected chi connectivity index (χ1v) is 4.36. The second kappa shape index (κ2) is 4.91. The first-order chi connectivity index (χ1) is 6.63. The third-order valence-electron chi connectivity index (χ3n) is 1.88. The number of aliphatic hydroxyl groups is 1. The summed E-state index contributed by atoms with van der Waals surface area (Å²) in [5, 5.41) is 9.41. The molecule has 4 heteroatoms. The third kappa shape index (κ3) is 2.96. The standard InChI is InChI=1S/C10H12F2O2/c1-2-9(13)7-3-5-8(6-4-7)14-10(11)12/h3-6,9-10,13H,2H2,1H3/t9-/m1/s1. The van der Waals surface area contributed by atoms with Crippen molar-refractivity contribution in [2.24, 2.45) is 0 Å². The van der Waals surface area contributed by atoms with Gasteiger partial charge in [-0.2, -0.15) is 8.78 Å². The Morgan fingerprint density at radius 1 is 1.29 bits per heavy atom. The fraction of sp³-hybridized carbons (Fsp3) is 0.400. The number of benzene rings is 1. The molecular weight excluding hydrogens is 190 g/mol. The molecule has 0 fully saturated rings. The number of halogens is 2. The summed E-state index contributed by atoms with van der Waals surface area (Å²) >= 11 is 0. The Morgan fingerprint density at radius 3 is 2.29 bits per heavy atom. The van der Waals surface area contributed by atoms with E-state index in [9.17, 15) is 13.9 Å². The van der Waals surface area contributed by atoms with Crippen molar-refractivity contribution in [2.45, 2.75) is 26.1 Å². The summed E-state index contributed by atoms with van der Waals surface area (Å²) in [6, 6.07) is 5.98. The molecule has 0 aliphatic rings. The highest BCUT2D eigenvalue weighted by Gasteiger charge is 2.06. The molecule has 0 unspecified atom stereocenters. The van der Waals surface area contributed by atoms with Crippen molar-refractivity contribution in [3.63, 3.8) is 0 Å². The molecule has 14 heavy (non-hydrogen) atoms. The molecule has 1 rings (SSSR count). The van der Waals surface area contributed by atoms with Crippen molar-refractivity contribution in [1.82, 2.24) is 0 Å². The predicted octanol–water partition coefficient (Wildman–Crippen LogP) is 2.73. The van der Waals surface area contributed by atoms with E-state index in [0.29, 0.717) is 12.0 Å². The van der Waals surface area contributed by atoms with Gasteiger partial charge in [-0.1, -0.05) is 19.1 Å².